The number of hydrogen-bond acceptors (Lipinski definition) is 5. The number of allylic oxidation sites excluding steroid dienone is 1. The number of carbonyl (C=O) groups is 1. The summed E-state index contributed by atoms with van der Waals surface area (Å²) in [6.07, 6.45) is -1.07. The third-order valence-corrected chi connectivity index (χ3v) is 5.56. The van der Waals surface area contributed by atoms with Crippen molar-refractivity contribution in [3.63, 3.8) is 0 Å². The zero-order valence-corrected chi connectivity index (χ0v) is 18.8. The van der Waals surface area contributed by atoms with E-state index in [9.17, 15) is 15.2 Å². The van der Waals surface area contributed by atoms with Crippen LogP contribution in [0.4, 0.5) is 5.69 Å². The summed E-state index contributed by atoms with van der Waals surface area (Å²) in [7, 11) is 5.93. The summed E-state index contributed by atoms with van der Waals surface area (Å²) in [4.78, 5) is 14.5. The first-order valence-electron chi connectivity index (χ1n) is 10.3. The maximum atomic E-state index is 12.4. The van der Waals surface area contributed by atoms with Gasteiger partial charge in [-0.3, -0.25) is 4.79 Å². The van der Waals surface area contributed by atoms with Gasteiger partial charge in [-0.25, -0.2) is 0 Å². The standard InChI is InChI=1S/C25H28N4O3/c1-16(22(13-26)25(32)27-14-21(31)15-30)23-9-10-24(29(23)4)19-6-5-18-12-20(28(2)3)8-7-17(18)11-19/h5-12,21,30-31H,14-15H2,1-4H3,(H,27,32). The number of fused-ring (bicyclic) bond motifs is 1. The molecule has 166 valence electrons. The number of aromatic nitrogens is 1. The number of anilines is 1. The highest BCUT2D eigenvalue weighted by molar-refractivity contribution is 6.04. The lowest BCUT2D eigenvalue weighted by Crippen LogP contribution is -2.34. The van der Waals surface area contributed by atoms with Crippen molar-refractivity contribution in [2.45, 2.75) is 13.0 Å². The first-order chi connectivity index (χ1) is 15.3. The summed E-state index contributed by atoms with van der Waals surface area (Å²) in [5, 5.41) is 32.7. The molecule has 1 heterocycles. The smallest absolute Gasteiger partial charge is 0.262 e. The van der Waals surface area contributed by atoms with Crippen LogP contribution in [0.5, 0.6) is 0 Å². The van der Waals surface area contributed by atoms with Crippen LogP contribution in [0.25, 0.3) is 27.6 Å². The van der Waals surface area contributed by atoms with Gasteiger partial charge in [-0.05, 0) is 59.2 Å². The van der Waals surface area contributed by atoms with Crippen LogP contribution in [-0.4, -0.2) is 54.0 Å². The Morgan fingerprint density at radius 3 is 2.50 bits per heavy atom. The molecule has 0 aliphatic rings. The van der Waals surface area contributed by atoms with Gasteiger partial charge in [0.2, 0.25) is 0 Å². The lowest BCUT2D eigenvalue weighted by Gasteiger charge is -2.14. The molecule has 2 aromatic carbocycles. The zero-order chi connectivity index (χ0) is 23.4. The van der Waals surface area contributed by atoms with Crippen LogP contribution in [0.2, 0.25) is 0 Å². The predicted molar refractivity (Wildman–Crippen MR) is 127 cm³/mol. The Balaban J connectivity index is 1.94. The Morgan fingerprint density at radius 1 is 1.16 bits per heavy atom. The van der Waals surface area contributed by atoms with E-state index in [1.165, 1.54) is 0 Å². The minimum absolute atomic E-state index is 0.0300. The highest BCUT2D eigenvalue weighted by Gasteiger charge is 2.18. The Hall–Kier alpha value is -3.60. The third kappa shape index (κ3) is 4.67. The van der Waals surface area contributed by atoms with E-state index in [0.29, 0.717) is 5.57 Å². The molecule has 0 saturated carbocycles. The first-order valence-corrected chi connectivity index (χ1v) is 10.3. The molecule has 0 radical (unpaired) electrons. The van der Waals surface area contributed by atoms with Gasteiger partial charge in [0.05, 0.1) is 12.7 Å². The molecule has 3 rings (SSSR count). The molecule has 7 nitrogen and oxygen atoms in total. The number of amides is 1. The molecular formula is C25H28N4O3. The molecule has 3 aromatic rings. The fourth-order valence-corrected chi connectivity index (χ4v) is 3.64. The van der Waals surface area contributed by atoms with E-state index < -0.39 is 18.6 Å². The highest BCUT2D eigenvalue weighted by atomic mass is 16.3. The van der Waals surface area contributed by atoms with Gasteiger partial charge in [0.15, 0.2) is 0 Å². The van der Waals surface area contributed by atoms with Gasteiger partial charge in [-0.1, -0.05) is 18.2 Å². The number of benzene rings is 2. The second kappa shape index (κ2) is 9.69. The van der Waals surface area contributed by atoms with Crippen LogP contribution in [0, 0.1) is 11.3 Å². The van der Waals surface area contributed by atoms with Gasteiger partial charge in [-0.2, -0.15) is 5.26 Å². The van der Waals surface area contributed by atoms with E-state index in [1.54, 1.807) is 6.92 Å². The third-order valence-electron chi connectivity index (χ3n) is 5.56. The molecule has 0 aliphatic carbocycles. The Kier molecular flexibility index (Phi) is 6.98. The van der Waals surface area contributed by atoms with Crippen molar-refractivity contribution in [2.24, 2.45) is 7.05 Å². The van der Waals surface area contributed by atoms with Crippen molar-refractivity contribution >= 4 is 27.9 Å². The summed E-state index contributed by atoms with van der Waals surface area (Å²) in [5.41, 5.74) is 4.39. The molecule has 0 aliphatic heterocycles. The maximum absolute atomic E-state index is 12.4. The molecule has 1 amide bonds. The quantitative estimate of drug-likeness (QED) is 0.394. The maximum Gasteiger partial charge on any atom is 0.262 e. The normalized spacial score (nSPS) is 12.8. The fraction of sp³-hybridized carbons (Fsp3) is 0.280. The lowest BCUT2D eigenvalue weighted by atomic mass is 10.0. The fourth-order valence-electron chi connectivity index (χ4n) is 3.64. The van der Waals surface area contributed by atoms with Crippen LogP contribution >= 0.6 is 0 Å². The Morgan fingerprint density at radius 2 is 1.84 bits per heavy atom. The highest BCUT2D eigenvalue weighted by Crippen LogP contribution is 2.30. The molecule has 32 heavy (non-hydrogen) atoms. The molecule has 7 heteroatoms. The summed E-state index contributed by atoms with van der Waals surface area (Å²) in [5.74, 6) is -0.581. The van der Waals surface area contributed by atoms with E-state index in [0.717, 1.165) is 33.4 Å². The summed E-state index contributed by atoms with van der Waals surface area (Å²) < 4.78 is 1.96. The van der Waals surface area contributed by atoms with Crippen molar-refractivity contribution in [3.8, 4) is 17.3 Å². The van der Waals surface area contributed by atoms with Gasteiger partial charge < -0.3 is 25.0 Å². The average Bonchev–Trinajstić information content (AvgIpc) is 3.18. The van der Waals surface area contributed by atoms with E-state index in [4.69, 9.17) is 5.11 Å². The molecule has 0 spiro atoms. The minimum Gasteiger partial charge on any atom is -0.394 e. The SMILES string of the molecule is CC(=C(C#N)C(=O)NCC(O)CO)c1ccc(-c2ccc3cc(N(C)C)ccc3c2)n1C. The monoisotopic (exact) mass is 432 g/mol. The van der Waals surface area contributed by atoms with Crippen molar-refractivity contribution in [2.75, 3.05) is 32.1 Å². The van der Waals surface area contributed by atoms with Crippen molar-refractivity contribution in [1.29, 1.82) is 5.26 Å². The topological polar surface area (TPSA) is 102 Å². The summed E-state index contributed by atoms with van der Waals surface area (Å²) >= 11 is 0. The first kappa shape index (κ1) is 23.1. The average molecular weight is 433 g/mol. The molecule has 0 fully saturated rings. The number of carbonyl (C=O) groups excluding carboxylic acids is 1. The van der Waals surface area contributed by atoms with E-state index in [-0.39, 0.29) is 12.1 Å². The van der Waals surface area contributed by atoms with Gasteiger partial charge in [0.25, 0.3) is 5.91 Å². The number of hydrogen-bond donors (Lipinski definition) is 3. The largest absolute Gasteiger partial charge is 0.394 e. The minimum atomic E-state index is -1.07. The van der Waals surface area contributed by atoms with Crippen molar-refractivity contribution in [3.05, 3.63) is 59.8 Å². The molecule has 1 atom stereocenters. The number of aliphatic hydroxyl groups is 2. The lowest BCUT2D eigenvalue weighted by molar-refractivity contribution is -0.117. The van der Waals surface area contributed by atoms with Crippen molar-refractivity contribution in [1.82, 2.24) is 9.88 Å². The number of nitrogens with zero attached hydrogens (tertiary/aromatic N) is 3. The van der Waals surface area contributed by atoms with E-state index in [1.807, 2.05) is 43.9 Å². The van der Waals surface area contributed by atoms with Gasteiger partial charge >= 0.3 is 0 Å². The van der Waals surface area contributed by atoms with Crippen LogP contribution in [0.1, 0.15) is 12.6 Å². The molecule has 0 saturated heterocycles. The number of rotatable bonds is 7. The van der Waals surface area contributed by atoms with Crippen LogP contribution in [-0.2, 0) is 11.8 Å². The molecule has 1 unspecified atom stereocenters. The van der Waals surface area contributed by atoms with Crippen LogP contribution in [0.3, 0.4) is 0 Å². The zero-order valence-electron chi connectivity index (χ0n) is 18.8. The van der Waals surface area contributed by atoms with Crippen LogP contribution in [0.15, 0.2) is 54.1 Å². The number of nitrogens with one attached hydrogen (secondary N) is 1. The van der Waals surface area contributed by atoms with Crippen LogP contribution < -0.4 is 10.2 Å². The number of nitriles is 1. The number of aliphatic hydroxyl groups excluding tert-OH is 2. The molecular weight excluding hydrogens is 404 g/mol. The van der Waals surface area contributed by atoms with E-state index in [2.05, 4.69) is 46.6 Å². The van der Waals surface area contributed by atoms with Gasteiger partial charge in [-0.15, -0.1) is 0 Å². The summed E-state index contributed by atoms with van der Waals surface area (Å²) in [6.45, 7) is 1.13. The molecule has 3 N–H and O–H groups in total. The second-order valence-corrected chi connectivity index (χ2v) is 7.96. The van der Waals surface area contributed by atoms with Crippen molar-refractivity contribution < 1.29 is 15.0 Å². The Labute approximate surface area is 187 Å². The summed E-state index contributed by atoms with van der Waals surface area (Å²) in [6, 6.07) is 18.4. The molecule has 1 aromatic heterocycles. The van der Waals surface area contributed by atoms with E-state index >= 15 is 0 Å². The predicted octanol–water partition coefficient (Wildman–Crippen LogP) is 2.68. The van der Waals surface area contributed by atoms with Gasteiger partial charge in [0.1, 0.15) is 11.6 Å². The Bertz CT molecular complexity index is 1220. The van der Waals surface area contributed by atoms with Gasteiger partial charge in [0, 0.05) is 44.8 Å². The second-order valence-electron chi connectivity index (χ2n) is 7.96. The molecule has 0 bridgehead atoms.